The molecule has 2 aromatic carbocycles. The van der Waals surface area contributed by atoms with Gasteiger partial charge in [0.1, 0.15) is 47.6 Å². The summed E-state index contributed by atoms with van der Waals surface area (Å²) in [5, 5.41) is 0. The first kappa shape index (κ1) is 59.7. The number of hydrogen-bond acceptors (Lipinski definition) is 8. The van der Waals surface area contributed by atoms with E-state index in [0.29, 0.717) is 0 Å². The number of nitrogens with one attached hydrogen (secondary N) is 2. The summed E-state index contributed by atoms with van der Waals surface area (Å²) in [6, 6.07) is 28.2. The van der Waals surface area contributed by atoms with Gasteiger partial charge in [-0.2, -0.15) is 13.1 Å². The first-order chi connectivity index (χ1) is 34.5. The van der Waals surface area contributed by atoms with E-state index in [1.165, 1.54) is 112 Å². The molecule has 0 unspecified atom stereocenters. The number of methoxy groups -OCH3 is 4. The fraction of sp³-hybridized carbons (Fsp3) is 0.448. The Balaban J connectivity index is 0.000000344. The first-order valence-electron chi connectivity index (χ1n) is 25.3. The molecule has 12 nitrogen and oxygen atoms in total. The second-order valence-corrected chi connectivity index (χ2v) is 17.1. The van der Waals surface area contributed by atoms with Gasteiger partial charge in [-0.3, -0.25) is 9.97 Å². The van der Waals surface area contributed by atoms with Crippen molar-refractivity contribution in [1.82, 2.24) is 9.97 Å². The minimum atomic E-state index is 0. The van der Waals surface area contributed by atoms with Crippen molar-refractivity contribution in [2.45, 2.75) is 116 Å². The van der Waals surface area contributed by atoms with Crippen molar-refractivity contribution in [2.75, 3.05) is 54.7 Å². The second-order valence-electron chi connectivity index (χ2n) is 17.1. The van der Waals surface area contributed by atoms with Gasteiger partial charge in [0.2, 0.25) is 0 Å². The molecule has 0 spiro atoms. The van der Waals surface area contributed by atoms with Crippen LogP contribution in [0.25, 0.3) is 33.7 Å². The molecule has 71 heavy (non-hydrogen) atoms. The molecule has 0 fully saturated rings. The number of nitrogens with zero attached hydrogens (tertiary/aromatic N) is 4. The van der Waals surface area contributed by atoms with Gasteiger partial charge in [-0.25, -0.2) is 9.13 Å². The minimum Gasteiger partial charge on any atom is -0.679 e. The molecule has 0 saturated heterocycles. The third-order valence-corrected chi connectivity index (χ3v) is 11.7. The number of pyridine rings is 4. The minimum absolute atomic E-state index is 0. The molecule has 0 bridgehead atoms. The number of unbranched alkanes of at least 4 members (excludes halogenated alkanes) is 14. The van der Waals surface area contributed by atoms with Crippen LogP contribution in [0.15, 0.2) is 135 Å². The summed E-state index contributed by atoms with van der Waals surface area (Å²) in [5.41, 5.74) is 17.4. The van der Waals surface area contributed by atoms with E-state index in [1.807, 2.05) is 85.5 Å². The summed E-state index contributed by atoms with van der Waals surface area (Å²) >= 11 is 0. The van der Waals surface area contributed by atoms with E-state index in [4.69, 9.17) is 39.9 Å². The first-order valence-corrected chi connectivity index (χ1v) is 25.3. The maximum absolute atomic E-state index is 6.26. The van der Waals surface area contributed by atoms with Gasteiger partial charge in [0.15, 0.2) is 24.8 Å². The standard InChI is InChI=1S/2C28H37N2O3.C2H6N2.Pd/c2*1-31-26-21-27(32-2)23-28(22-26)33-20-10-8-6-4-3-5-7-9-17-30-18-13-25(14-19-30)24-11-15-29-16-12-24;3-1-2-4;/h2*11-16,18-19,21-23H,3-10,17,20H2,1-2H3;3-4H,1-2H2;/q2*+1;-2;+2. The average molecular weight is 1060 g/mol. The number of benzene rings is 2. The van der Waals surface area contributed by atoms with Crippen LogP contribution in [0.4, 0.5) is 0 Å². The molecule has 2 N–H and O–H groups in total. The summed E-state index contributed by atoms with van der Waals surface area (Å²) in [7, 11) is 6.61. The Kier molecular flexibility index (Phi) is 32.1. The van der Waals surface area contributed by atoms with Crippen LogP contribution in [0, 0.1) is 0 Å². The molecule has 6 aromatic rings. The molecule has 0 saturated carbocycles. The number of ether oxygens (including phenoxy) is 6. The predicted molar refractivity (Wildman–Crippen MR) is 282 cm³/mol. The predicted octanol–water partition coefficient (Wildman–Crippen LogP) is 13.6. The molecule has 0 radical (unpaired) electrons. The summed E-state index contributed by atoms with van der Waals surface area (Å²) in [6.45, 7) is 4.10. The molecule has 6 rings (SSSR count). The summed E-state index contributed by atoms with van der Waals surface area (Å²) in [5.74, 6) is 4.62. The van der Waals surface area contributed by atoms with Crippen LogP contribution in [-0.2, 0) is 33.5 Å². The van der Waals surface area contributed by atoms with E-state index in [2.05, 4.69) is 68.2 Å². The van der Waals surface area contributed by atoms with E-state index in [-0.39, 0.29) is 33.5 Å². The molecule has 4 heterocycles. The van der Waals surface area contributed by atoms with Crippen LogP contribution < -0.4 is 37.6 Å². The largest absolute Gasteiger partial charge is 2.00 e. The van der Waals surface area contributed by atoms with Gasteiger partial charge < -0.3 is 39.9 Å². The molecular formula is C58H80N6O6Pd+2. The molecule has 0 amide bonds. The second kappa shape index (κ2) is 38.1. The fourth-order valence-electron chi connectivity index (χ4n) is 7.71. The molecule has 386 valence electrons. The van der Waals surface area contributed by atoms with E-state index < -0.39 is 0 Å². The maximum atomic E-state index is 6.26. The Bertz CT molecular complexity index is 2020. The Morgan fingerprint density at radius 2 is 0.606 bits per heavy atom. The van der Waals surface area contributed by atoms with Gasteiger partial charge in [-0.1, -0.05) is 64.2 Å². The quantitative estimate of drug-likeness (QED) is 0.0238. The monoisotopic (exact) mass is 1060 g/mol. The molecule has 13 heteroatoms. The zero-order chi connectivity index (χ0) is 49.7. The van der Waals surface area contributed by atoms with Crippen LogP contribution in [-0.4, -0.2) is 64.7 Å². The SMILES string of the molecule is COc1cc(OC)cc(OCCCCCCCCCC[n+]2ccc(-c3ccncc3)cc2)c1.COc1cc(OC)cc(OCCCCCCCCCC[n+]2ccc(-c3ccncc3)cc2)c1.[NH-]CC[NH-].[Pd+2]. The summed E-state index contributed by atoms with van der Waals surface area (Å²) < 4.78 is 37.4. The van der Waals surface area contributed by atoms with E-state index in [9.17, 15) is 0 Å². The number of hydrogen-bond donors (Lipinski definition) is 0. The van der Waals surface area contributed by atoms with Crippen LogP contribution in [0.2, 0.25) is 0 Å². The van der Waals surface area contributed by atoms with E-state index >= 15 is 0 Å². The van der Waals surface area contributed by atoms with Crippen LogP contribution >= 0.6 is 0 Å². The van der Waals surface area contributed by atoms with Crippen LogP contribution in [0.3, 0.4) is 0 Å². The fourth-order valence-corrected chi connectivity index (χ4v) is 7.71. The van der Waals surface area contributed by atoms with Crippen LogP contribution in [0.1, 0.15) is 103 Å². The van der Waals surface area contributed by atoms with Crippen molar-refractivity contribution in [3.8, 4) is 56.8 Å². The van der Waals surface area contributed by atoms with Gasteiger partial charge in [0.25, 0.3) is 0 Å². The third kappa shape index (κ3) is 25.4. The van der Waals surface area contributed by atoms with Gasteiger partial charge in [0, 0.05) is 98.3 Å². The van der Waals surface area contributed by atoms with Crippen molar-refractivity contribution in [3.63, 3.8) is 0 Å². The summed E-state index contributed by atoms with van der Waals surface area (Å²) in [6.07, 6.45) is 36.1. The number of rotatable bonds is 31. The summed E-state index contributed by atoms with van der Waals surface area (Å²) in [4.78, 5) is 8.16. The number of aryl methyl sites for hydroxylation is 2. The van der Waals surface area contributed by atoms with Crippen LogP contribution in [0.5, 0.6) is 34.5 Å². The number of aromatic nitrogens is 4. The van der Waals surface area contributed by atoms with Crippen molar-refractivity contribution in [1.29, 1.82) is 0 Å². The molecule has 0 aliphatic heterocycles. The topological polar surface area (TPSA) is 137 Å². The van der Waals surface area contributed by atoms with Crippen molar-refractivity contribution >= 4 is 0 Å². The Hall–Kier alpha value is -5.58. The van der Waals surface area contributed by atoms with E-state index in [0.717, 1.165) is 73.6 Å². The molecule has 0 atom stereocenters. The zero-order valence-corrected chi connectivity index (χ0v) is 44.4. The Morgan fingerprint density at radius 1 is 0.352 bits per heavy atom. The van der Waals surface area contributed by atoms with Gasteiger partial charge >= 0.3 is 20.4 Å². The maximum Gasteiger partial charge on any atom is 2.00 e. The van der Waals surface area contributed by atoms with Gasteiger partial charge in [0.05, 0.1) is 41.7 Å². The van der Waals surface area contributed by atoms with Gasteiger partial charge in [-0.05, 0) is 72.2 Å². The van der Waals surface area contributed by atoms with Crippen molar-refractivity contribution < 1.29 is 58.0 Å². The molecule has 0 aliphatic carbocycles. The molecule has 0 aliphatic rings. The zero-order valence-electron chi connectivity index (χ0n) is 42.8. The molecule has 4 aromatic heterocycles. The third-order valence-electron chi connectivity index (χ3n) is 11.7. The Labute approximate surface area is 439 Å². The van der Waals surface area contributed by atoms with Crippen molar-refractivity contribution in [3.05, 3.63) is 146 Å². The smallest absolute Gasteiger partial charge is 0.679 e. The van der Waals surface area contributed by atoms with Crippen molar-refractivity contribution in [2.24, 2.45) is 0 Å². The van der Waals surface area contributed by atoms with E-state index in [1.54, 1.807) is 28.4 Å². The molecular weight excluding hydrogens is 983 g/mol. The normalized spacial score (nSPS) is 10.4. The average Bonchev–Trinajstić information content (AvgIpc) is 3.42. The van der Waals surface area contributed by atoms with Gasteiger partial charge in [-0.15, -0.1) is 0 Å². The Morgan fingerprint density at radius 3 is 0.887 bits per heavy atom.